The number of nitrogens with zero attached hydrogens (tertiary/aromatic N) is 2. The van der Waals surface area contributed by atoms with Gasteiger partial charge in [0.15, 0.2) is 5.82 Å². The van der Waals surface area contributed by atoms with Crippen molar-refractivity contribution in [2.45, 2.75) is 0 Å². The first-order valence-corrected chi connectivity index (χ1v) is 5.95. The van der Waals surface area contributed by atoms with E-state index >= 15 is 0 Å². The summed E-state index contributed by atoms with van der Waals surface area (Å²) in [6.07, 6.45) is 1.41. The van der Waals surface area contributed by atoms with Gasteiger partial charge in [0.1, 0.15) is 12.0 Å². The van der Waals surface area contributed by atoms with E-state index < -0.39 is 0 Å². The largest absolute Gasteiger partial charge is 0.479 e. The van der Waals surface area contributed by atoms with Crippen molar-refractivity contribution in [2.75, 3.05) is 18.2 Å². The summed E-state index contributed by atoms with van der Waals surface area (Å²) in [7, 11) is 1.52. The van der Waals surface area contributed by atoms with E-state index in [4.69, 9.17) is 10.5 Å². The monoisotopic (exact) mass is 342 g/mol. The van der Waals surface area contributed by atoms with Crippen LogP contribution in [0, 0.1) is 3.57 Å². The highest BCUT2D eigenvalue weighted by Gasteiger charge is 2.08. The molecule has 0 radical (unpaired) electrons. The molecule has 3 N–H and O–H groups in total. The van der Waals surface area contributed by atoms with Gasteiger partial charge < -0.3 is 15.8 Å². The Hall–Kier alpha value is -1.57. The molecule has 88 valence electrons. The van der Waals surface area contributed by atoms with Gasteiger partial charge in [-0.15, -0.1) is 0 Å². The Morgan fingerprint density at radius 3 is 2.88 bits per heavy atom. The predicted octanol–water partition coefficient (Wildman–Crippen LogP) is 2.42. The van der Waals surface area contributed by atoms with Gasteiger partial charge in [0.25, 0.3) is 0 Å². The van der Waals surface area contributed by atoms with Gasteiger partial charge >= 0.3 is 0 Å². The molecule has 0 fully saturated rings. The van der Waals surface area contributed by atoms with E-state index in [1.54, 1.807) is 0 Å². The third kappa shape index (κ3) is 2.76. The summed E-state index contributed by atoms with van der Waals surface area (Å²) in [6.45, 7) is 0. The van der Waals surface area contributed by atoms with Gasteiger partial charge in [-0.25, -0.2) is 4.98 Å². The maximum Gasteiger partial charge on any atom is 0.242 e. The average Bonchev–Trinajstić information content (AvgIpc) is 2.32. The molecule has 0 aliphatic rings. The summed E-state index contributed by atoms with van der Waals surface area (Å²) >= 11 is 2.24. The molecule has 0 amide bonds. The fourth-order valence-electron chi connectivity index (χ4n) is 1.34. The van der Waals surface area contributed by atoms with Gasteiger partial charge in [-0.3, -0.25) is 0 Å². The molecule has 0 aliphatic carbocycles. The first kappa shape index (κ1) is 11.9. The first-order chi connectivity index (χ1) is 8.20. The van der Waals surface area contributed by atoms with Crippen LogP contribution in [0.4, 0.5) is 17.2 Å². The number of nitrogens with two attached hydrogens (primary N) is 1. The van der Waals surface area contributed by atoms with Gasteiger partial charge in [0.05, 0.1) is 7.11 Å². The lowest BCUT2D eigenvalue weighted by atomic mass is 10.3. The second kappa shape index (κ2) is 5.17. The van der Waals surface area contributed by atoms with Gasteiger partial charge in [-0.05, 0) is 40.8 Å². The van der Waals surface area contributed by atoms with Crippen molar-refractivity contribution in [1.82, 2.24) is 9.97 Å². The van der Waals surface area contributed by atoms with Gasteiger partial charge in [0, 0.05) is 9.26 Å². The third-order valence-corrected chi connectivity index (χ3v) is 2.80. The van der Waals surface area contributed by atoms with E-state index in [-0.39, 0.29) is 0 Å². The second-order valence-corrected chi connectivity index (χ2v) is 4.53. The number of hydrogen-bond acceptors (Lipinski definition) is 5. The Kier molecular flexibility index (Phi) is 3.62. The first-order valence-electron chi connectivity index (χ1n) is 4.88. The molecule has 1 aromatic heterocycles. The number of benzene rings is 1. The van der Waals surface area contributed by atoms with Crippen LogP contribution in [0.2, 0.25) is 0 Å². The Morgan fingerprint density at radius 2 is 2.18 bits per heavy atom. The molecule has 0 saturated heterocycles. The standard InChI is InChI=1S/C11H11IN4O/c1-17-11-9(13)10(14-6-15-11)16-8-4-2-3-7(12)5-8/h2-6H,13H2,1H3,(H,14,15,16). The lowest BCUT2D eigenvalue weighted by Crippen LogP contribution is -2.03. The number of anilines is 3. The highest BCUT2D eigenvalue weighted by Crippen LogP contribution is 2.27. The molecule has 0 aliphatic heterocycles. The van der Waals surface area contributed by atoms with Crippen molar-refractivity contribution < 1.29 is 4.74 Å². The third-order valence-electron chi connectivity index (χ3n) is 2.13. The Labute approximate surface area is 113 Å². The molecule has 1 heterocycles. The summed E-state index contributed by atoms with van der Waals surface area (Å²) < 4.78 is 6.16. The van der Waals surface area contributed by atoms with E-state index in [0.29, 0.717) is 17.4 Å². The number of ether oxygens (including phenoxy) is 1. The zero-order chi connectivity index (χ0) is 12.3. The van der Waals surface area contributed by atoms with Crippen molar-refractivity contribution in [1.29, 1.82) is 0 Å². The maximum atomic E-state index is 5.87. The normalized spacial score (nSPS) is 10.0. The minimum atomic E-state index is 0.369. The smallest absolute Gasteiger partial charge is 0.242 e. The number of nitrogens with one attached hydrogen (secondary N) is 1. The molecule has 0 unspecified atom stereocenters. The van der Waals surface area contributed by atoms with E-state index in [9.17, 15) is 0 Å². The number of rotatable bonds is 3. The topological polar surface area (TPSA) is 73.1 Å². The molecule has 0 saturated carbocycles. The zero-order valence-electron chi connectivity index (χ0n) is 9.14. The maximum absolute atomic E-state index is 5.87. The molecule has 17 heavy (non-hydrogen) atoms. The van der Waals surface area contributed by atoms with Crippen LogP contribution in [0.15, 0.2) is 30.6 Å². The van der Waals surface area contributed by atoms with Crippen molar-refractivity contribution in [2.24, 2.45) is 0 Å². The zero-order valence-corrected chi connectivity index (χ0v) is 11.3. The van der Waals surface area contributed by atoms with Crippen LogP contribution >= 0.6 is 22.6 Å². The SMILES string of the molecule is COc1ncnc(Nc2cccc(I)c2)c1N. The van der Waals surface area contributed by atoms with Crippen molar-refractivity contribution in [3.05, 3.63) is 34.2 Å². The lowest BCUT2D eigenvalue weighted by Gasteiger charge is -2.10. The van der Waals surface area contributed by atoms with Crippen molar-refractivity contribution in [3.8, 4) is 5.88 Å². The van der Waals surface area contributed by atoms with Crippen LogP contribution in [0.1, 0.15) is 0 Å². The van der Waals surface area contributed by atoms with E-state index in [0.717, 1.165) is 9.26 Å². The number of halogens is 1. The molecule has 0 atom stereocenters. The highest BCUT2D eigenvalue weighted by atomic mass is 127. The van der Waals surface area contributed by atoms with Crippen molar-refractivity contribution in [3.63, 3.8) is 0 Å². The molecule has 5 nitrogen and oxygen atoms in total. The Bertz CT molecular complexity index is 533. The van der Waals surface area contributed by atoms with E-state index in [2.05, 4.69) is 37.9 Å². The van der Waals surface area contributed by atoms with Crippen LogP contribution in [0.25, 0.3) is 0 Å². The van der Waals surface area contributed by atoms with Gasteiger partial charge in [-0.1, -0.05) is 6.07 Å². The predicted molar refractivity (Wildman–Crippen MR) is 75.4 cm³/mol. The van der Waals surface area contributed by atoms with Crippen LogP contribution in [0.3, 0.4) is 0 Å². The molecule has 0 bridgehead atoms. The summed E-state index contributed by atoms with van der Waals surface area (Å²) in [5.74, 6) is 0.909. The quantitative estimate of drug-likeness (QED) is 0.838. The summed E-state index contributed by atoms with van der Waals surface area (Å²) in [5, 5.41) is 3.13. The fraction of sp³-hybridized carbons (Fsp3) is 0.0909. The van der Waals surface area contributed by atoms with Crippen LogP contribution in [-0.4, -0.2) is 17.1 Å². The summed E-state index contributed by atoms with van der Waals surface area (Å²) in [4.78, 5) is 8.00. The number of nitrogen functional groups attached to an aromatic ring is 1. The second-order valence-electron chi connectivity index (χ2n) is 3.28. The number of hydrogen-bond donors (Lipinski definition) is 2. The fourth-order valence-corrected chi connectivity index (χ4v) is 1.89. The minimum absolute atomic E-state index is 0.369. The number of aromatic nitrogens is 2. The minimum Gasteiger partial charge on any atom is -0.479 e. The Morgan fingerprint density at radius 1 is 1.35 bits per heavy atom. The van der Waals surface area contributed by atoms with Gasteiger partial charge in [-0.2, -0.15) is 4.98 Å². The lowest BCUT2D eigenvalue weighted by molar-refractivity contribution is 0.399. The number of methoxy groups -OCH3 is 1. The van der Waals surface area contributed by atoms with Crippen LogP contribution < -0.4 is 15.8 Å². The molecular weight excluding hydrogens is 331 g/mol. The van der Waals surface area contributed by atoms with Crippen LogP contribution in [-0.2, 0) is 0 Å². The molecule has 2 aromatic rings. The van der Waals surface area contributed by atoms with E-state index in [1.165, 1.54) is 13.4 Å². The van der Waals surface area contributed by atoms with Gasteiger partial charge in [0.2, 0.25) is 5.88 Å². The summed E-state index contributed by atoms with van der Waals surface area (Å²) in [6, 6.07) is 7.90. The molecule has 1 aromatic carbocycles. The van der Waals surface area contributed by atoms with Crippen molar-refractivity contribution >= 4 is 39.8 Å². The molecule has 0 spiro atoms. The molecular formula is C11H11IN4O. The highest BCUT2D eigenvalue weighted by molar-refractivity contribution is 14.1. The average molecular weight is 342 g/mol. The molecule has 6 heteroatoms. The summed E-state index contributed by atoms with van der Waals surface area (Å²) in [5.41, 5.74) is 7.18. The molecule has 2 rings (SSSR count). The van der Waals surface area contributed by atoms with Crippen LogP contribution in [0.5, 0.6) is 5.88 Å². The van der Waals surface area contributed by atoms with E-state index in [1.807, 2.05) is 24.3 Å². The Balaban J connectivity index is 2.30.